The van der Waals surface area contributed by atoms with Gasteiger partial charge in [0, 0.05) is 18.4 Å². The van der Waals surface area contributed by atoms with Crippen LogP contribution in [0.25, 0.3) is 0 Å². The first-order chi connectivity index (χ1) is 9.24. The van der Waals surface area contributed by atoms with Crippen LogP contribution in [0.4, 0.5) is 5.82 Å². The predicted molar refractivity (Wildman–Crippen MR) is 74.4 cm³/mol. The van der Waals surface area contributed by atoms with Gasteiger partial charge in [-0.05, 0) is 20.3 Å². The van der Waals surface area contributed by atoms with Gasteiger partial charge in [-0.15, -0.1) is 0 Å². The van der Waals surface area contributed by atoms with Gasteiger partial charge < -0.3 is 14.8 Å². The van der Waals surface area contributed by atoms with E-state index in [-0.39, 0.29) is 12.1 Å². The number of hydrogen-bond donors (Lipinski definition) is 1. The second kappa shape index (κ2) is 6.82. The highest BCUT2D eigenvalue weighted by atomic mass is 16.5. The van der Waals surface area contributed by atoms with E-state index >= 15 is 0 Å². The number of nitrogens with one attached hydrogen (secondary N) is 1. The molecule has 106 valence electrons. The minimum absolute atomic E-state index is 0.106. The molecule has 5 nitrogen and oxygen atoms in total. The highest BCUT2D eigenvalue weighted by Gasteiger charge is 2.29. The van der Waals surface area contributed by atoms with Gasteiger partial charge in [-0.2, -0.15) is 0 Å². The molecule has 0 bridgehead atoms. The van der Waals surface area contributed by atoms with Crippen LogP contribution in [0.5, 0.6) is 0 Å². The van der Waals surface area contributed by atoms with E-state index in [2.05, 4.69) is 22.2 Å². The Kier molecular flexibility index (Phi) is 5.10. The molecule has 0 aromatic carbocycles. The van der Waals surface area contributed by atoms with Crippen LogP contribution in [0.1, 0.15) is 31.7 Å². The molecule has 2 rings (SSSR count). The lowest BCUT2D eigenvalue weighted by molar-refractivity contribution is 0.0478. The molecule has 0 radical (unpaired) electrons. The summed E-state index contributed by atoms with van der Waals surface area (Å²) in [6, 6.07) is 0.171. The molecular weight excluding hydrogens is 242 g/mol. The molecule has 0 unspecified atom stereocenters. The predicted octanol–water partition coefficient (Wildman–Crippen LogP) is 1.95. The zero-order valence-electron chi connectivity index (χ0n) is 12.0. The molecule has 1 fully saturated rings. The normalized spacial score (nSPS) is 22.7. The van der Waals surface area contributed by atoms with Crippen LogP contribution in [0, 0.1) is 6.92 Å². The van der Waals surface area contributed by atoms with Crippen LogP contribution in [0.15, 0.2) is 6.20 Å². The smallest absolute Gasteiger partial charge is 0.133 e. The van der Waals surface area contributed by atoms with Crippen LogP contribution < -0.4 is 5.32 Å². The first-order valence-corrected chi connectivity index (χ1v) is 7.03. The number of ether oxygens (including phenoxy) is 2. The van der Waals surface area contributed by atoms with Gasteiger partial charge in [0.15, 0.2) is 0 Å². The van der Waals surface area contributed by atoms with E-state index in [9.17, 15) is 0 Å². The number of rotatable bonds is 6. The molecule has 0 saturated carbocycles. The first kappa shape index (κ1) is 14.2. The fourth-order valence-corrected chi connectivity index (χ4v) is 2.30. The molecule has 1 N–H and O–H groups in total. The fourth-order valence-electron chi connectivity index (χ4n) is 2.30. The topological polar surface area (TPSA) is 56.3 Å². The van der Waals surface area contributed by atoms with Crippen LogP contribution in [-0.4, -0.2) is 41.9 Å². The highest BCUT2D eigenvalue weighted by Crippen LogP contribution is 2.19. The van der Waals surface area contributed by atoms with Crippen molar-refractivity contribution in [3.8, 4) is 0 Å². The minimum atomic E-state index is 0.106. The standard InChI is InChI=1S/C14H23N3O2/c1-4-6-11-7-15-10(3)16-14(11)17-12-8-18-9-13(12)19-5-2/h7,12-13H,4-6,8-9H2,1-3H3,(H,15,16,17)/t12-,13-/m0/s1. The highest BCUT2D eigenvalue weighted by molar-refractivity contribution is 5.44. The van der Waals surface area contributed by atoms with Gasteiger partial charge in [0.05, 0.1) is 19.3 Å². The summed E-state index contributed by atoms with van der Waals surface area (Å²) in [6.45, 7) is 8.10. The second-order valence-electron chi connectivity index (χ2n) is 4.82. The average Bonchev–Trinajstić information content (AvgIpc) is 2.81. The van der Waals surface area contributed by atoms with E-state index < -0.39 is 0 Å². The molecule has 1 aliphatic heterocycles. The third-order valence-electron chi connectivity index (χ3n) is 3.24. The first-order valence-electron chi connectivity index (χ1n) is 7.03. The van der Waals surface area contributed by atoms with Gasteiger partial charge in [-0.3, -0.25) is 0 Å². The lowest BCUT2D eigenvalue weighted by Gasteiger charge is -2.21. The maximum absolute atomic E-state index is 5.69. The summed E-state index contributed by atoms with van der Waals surface area (Å²) in [4.78, 5) is 8.79. The van der Waals surface area contributed by atoms with Crippen LogP contribution in [0.3, 0.4) is 0 Å². The molecule has 19 heavy (non-hydrogen) atoms. The van der Waals surface area contributed by atoms with E-state index in [0.717, 1.165) is 30.0 Å². The van der Waals surface area contributed by atoms with Crippen LogP contribution in [-0.2, 0) is 15.9 Å². The summed E-state index contributed by atoms with van der Waals surface area (Å²) in [5, 5.41) is 3.47. The zero-order chi connectivity index (χ0) is 13.7. The molecule has 2 heterocycles. The third kappa shape index (κ3) is 3.64. The lowest BCUT2D eigenvalue weighted by Crippen LogP contribution is -2.35. The summed E-state index contributed by atoms with van der Waals surface area (Å²) < 4.78 is 11.2. The number of anilines is 1. The van der Waals surface area contributed by atoms with Gasteiger partial charge in [0.25, 0.3) is 0 Å². The van der Waals surface area contributed by atoms with Gasteiger partial charge >= 0.3 is 0 Å². The Hall–Kier alpha value is -1.20. The maximum Gasteiger partial charge on any atom is 0.133 e. The van der Waals surface area contributed by atoms with Gasteiger partial charge in [0.1, 0.15) is 17.7 Å². The van der Waals surface area contributed by atoms with Crippen molar-refractivity contribution in [3.63, 3.8) is 0 Å². The SMILES string of the molecule is CCCc1cnc(C)nc1N[C@H]1COC[C@@H]1OCC. The lowest BCUT2D eigenvalue weighted by atomic mass is 10.1. The third-order valence-corrected chi connectivity index (χ3v) is 3.24. The van der Waals surface area contributed by atoms with Crippen molar-refractivity contribution in [2.75, 3.05) is 25.1 Å². The molecule has 1 aromatic heterocycles. The monoisotopic (exact) mass is 265 g/mol. The Bertz CT molecular complexity index is 412. The van der Waals surface area contributed by atoms with E-state index in [1.165, 1.54) is 0 Å². The molecule has 0 spiro atoms. The zero-order valence-corrected chi connectivity index (χ0v) is 12.0. The average molecular weight is 265 g/mol. The summed E-state index contributed by atoms with van der Waals surface area (Å²) in [7, 11) is 0. The number of nitrogens with zero attached hydrogens (tertiary/aromatic N) is 2. The van der Waals surface area contributed by atoms with Crippen molar-refractivity contribution in [3.05, 3.63) is 17.6 Å². The van der Waals surface area contributed by atoms with Crippen LogP contribution in [0.2, 0.25) is 0 Å². The van der Waals surface area contributed by atoms with Crippen molar-refractivity contribution in [1.82, 2.24) is 9.97 Å². The van der Waals surface area contributed by atoms with E-state index in [0.29, 0.717) is 19.8 Å². The van der Waals surface area contributed by atoms with Gasteiger partial charge in [-0.1, -0.05) is 13.3 Å². The minimum Gasteiger partial charge on any atom is -0.376 e. The Morgan fingerprint density at radius 3 is 3.00 bits per heavy atom. The van der Waals surface area contributed by atoms with Crippen molar-refractivity contribution in [1.29, 1.82) is 0 Å². The number of hydrogen-bond acceptors (Lipinski definition) is 5. The van der Waals surface area contributed by atoms with E-state index in [1.54, 1.807) is 0 Å². The Morgan fingerprint density at radius 1 is 1.42 bits per heavy atom. The molecule has 0 amide bonds. The van der Waals surface area contributed by atoms with Crippen molar-refractivity contribution < 1.29 is 9.47 Å². The molecule has 0 aliphatic carbocycles. The molecule has 1 aliphatic rings. The summed E-state index contributed by atoms with van der Waals surface area (Å²) in [5.74, 6) is 1.71. The van der Waals surface area contributed by atoms with Crippen molar-refractivity contribution >= 4 is 5.82 Å². The van der Waals surface area contributed by atoms with E-state index in [1.807, 2.05) is 20.0 Å². The maximum atomic E-state index is 5.69. The van der Waals surface area contributed by atoms with Gasteiger partial charge in [0.2, 0.25) is 0 Å². The Balaban J connectivity index is 2.10. The fraction of sp³-hybridized carbons (Fsp3) is 0.714. The number of aryl methyl sites for hydroxylation is 2. The van der Waals surface area contributed by atoms with Crippen molar-refractivity contribution in [2.24, 2.45) is 0 Å². The summed E-state index contributed by atoms with van der Waals surface area (Å²) in [5.41, 5.74) is 1.16. The molecule has 2 atom stereocenters. The Morgan fingerprint density at radius 2 is 2.26 bits per heavy atom. The summed E-state index contributed by atoms with van der Waals surface area (Å²) in [6.07, 6.45) is 4.08. The Labute approximate surface area is 114 Å². The largest absolute Gasteiger partial charge is 0.376 e. The molecule has 1 aromatic rings. The van der Waals surface area contributed by atoms with Crippen molar-refractivity contribution in [2.45, 2.75) is 45.8 Å². The quantitative estimate of drug-likeness (QED) is 0.852. The molecule has 1 saturated heterocycles. The molecular formula is C14H23N3O2. The van der Waals surface area contributed by atoms with Crippen LogP contribution >= 0.6 is 0 Å². The number of aromatic nitrogens is 2. The van der Waals surface area contributed by atoms with E-state index in [4.69, 9.17) is 9.47 Å². The van der Waals surface area contributed by atoms with Gasteiger partial charge in [-0.25, -0.2) is 9.97 Å². The molecule has 5 heteroatoms. The second-order valence-corrected chi connectivity index (χ2v) is 4.82. The summed E-state index contributed by atoms with van der Waals surface area (Å²) >= 11 is 0.